The first-order valence-corrected chi connectivity index (χ1v) is 8.29. The van der Waals surface area contributed by atoms with Crippen LogP contribution in [0.25, 0.3) is 11.4 Å². The van der Waals surface area contributed by atoms with Gasteiger partial charge in [-0.15, -0.1) is 6.58 Å². The summed E-state index contributed by atoms with van der Waals surface area (Å²) in [6, 6.07) is 16.6. The average molecular weight is 344 g/mol. The number of aryl methyl sites for hydroxylation is 1. The van der Waals surface area contributed by atoms with Crippen LogP contribution in [0.4, 0.5) is 5.82 Å². The Balaban J connectivity index is 1.91. The fourth-order valence-electron chi connectivity index (χ4n) is 2.52. The minimum Gasteiger partial charge on any atom is -0.508 e. The summed E-state index contributed by atoms with van der Waals surface area (Å²) in [5, 5.41) is 13.6. The van der Waals surface area contributed by atoms with Gasteiger partial charge in [0.05, 0.1) is 6.21 Å². The van der Waals surface area contributed by atoms with Crippen molar-refractivity contribution in [2.45, 2.75) is 13.3 Å². The van der Waals surface area contributed by atoms with Gasteiger partial charge in [-0.25, -0.2) is 9.97 Å². The summed E-state index contributed by atoms with van der Waals surface area (Å²) in [5.74, 6) is 1.53. The highest BCUT2D eigenvalue weighted by molar-refractivity contribution is 5.80. The highest BCUT2D eigenvalue weighted by Crippen LogP contribution is 2.23. The molecular formula is C21H20N4O. The molecule has 0 atom stereocenters. The van der Waals surface area contributed by atoms with Crippen LogP contribution in [0.3, 0.4) is 0 Å². The number of hydrogen-bond donors (Lipinski definition) is 2. The van der Waals surface area contributed by atoms with Crippen molar-refractivity contribution in [1.29, 1.82) is 0 Å². The molecule has 3 aromatic rings. The van der Waals surface area contributed by atoms with E-state index in [0.717, 1.165) is 22.4 Å². The monoisotopic (exact) mass is 344 g/mol. The zero-order chi connectivity index (χ0) is 18.4. The van der Waals surface area contributed by atoms with Crippen LogP contribution in [0.15, 0.2) is 72.4 Å². The number of hydrogen-bond acceptors (Lipinski definition) is 5. The Hall–Kier alpha value is -3.47. The summed E-state index contributed by atoms with van der Waals surface area (Å²) in [4.78, 5) is 9.26. The van der Waals surface area contributed by atoms with Gasteiger partial charge in [0.15, 0.2) is 11.6 Å². The van der Waals surface area contributed by atoms with Crippen molar-refractivity contribution in [3.05, 3.63) is 84.1 Å². The molecule has 0 saturated carbocycles. The molecule has 2 N–H and O–H groups in total. The number of phenols is 1. The van der Waals surface area contributed by atoms with Crippen LogP contribution in [0.1, 0.15) is 16.8 Å². The number of aromatic nitrogens is 2. The normalized spacial score (nSPS) is 10.8. The van der Waals surface area contributed by atoms with Crippen molar-refractivity contribution in [2.75, 3.05) is 5.43 Å². The van der Waals surface area contributed by atoms with E-state index in [1.54, 1.807) is 30.5 Å². The summed E-state index contributed by atoms with van der Waals surface area (Å²) in [6.45, 7) is 5.77. The van der Waals surface area contributed by atoms with E-state index in [1.807, 2.05) is 43.3 Å². The Bertz CT molecular complexity index is 919. The second-order valence-corrected chi connectivity index (χ2v) is 5.78. The molecule has 5 nitrogen and oxygen atoms in total. The topological polar surface area (TPSA) is 70.4 Å². The highest BCUT2D eigenvalue weighted by Gasteiger charge is 2.11. The molecule has 0 aliphatic rings. The number of allylic oxidation sites excluding steroid dienone is 1. The first-order valence-electron chi connectivity index (χ1n) is 8.29. The van der Waals surface area contributed by atoms with Crippen molar-refractivity contribution in [2.24, 2.45) is 5.10 Å². The van der Waals surface area contributed by atoms with Crippen molar-refractivity contribution >= 4 is 12.0 Å². The standard InChI is InChI=1S/C21H20N4O/c1-3-7-19-15(2)23-20(17-8-5-4-6-9-17)24-21(19)25-22-14-16-10-12-18(26)13-11-16/h3-6,8-14,26H,1,7H2,2H3,(H,23,24,25)/b22-14+. The first kappa shape index (κ1) is 17.4. The van der Waals surface area contributed by atoms with E-state index in [-0.39, 0.29) is 5.75 Å². The van der Waals surface area contributed by atoms with E-state index in [4.69, 9.17) is 0 Å². The van der Waals surface area contributed by atoms with E-state index in [2.05, 4.69) is 27.1 Å². The maximum atomic E-state index is 9.34. The van der Waals surface area contributed by atoms with Gasteiger partial charge in [0.1, 0.15) is 5.75 Å². The summed E-state index contributed by atoms with van der Waals surface area (Å²) in [7, 11) is 0. The van der Waals surface area contributed by atoms with Gasteiger partial charge in [0, 0.05) is 16.8 Å². The molecule has 0 amide bonds. The van der Waals surface area contributed by atoms with E-state index < -0.39 is 0 Å². The van der Waals surface area contributed by atoms with Gasteiger partial charge in [-0.05, 0) is 43.2 Å². The van der Waals surface area contributed by atoms with Gasteiger partial charge in [0.25, 0.3) is 0 Å². The molecule has 0 aliphatic heterocycles. The summed E-state index contributed by atoms with van der Waals surface area (Å²) in [6.07, 6.45) is 4.15. The van der Waals surface area contributed by atoms with E-state index in [9.17, 15) is 5.11 Å². The number of hydrazone groups is 1. The van der Waals surface area contributed by atoms with Gasteiger partial charge in [-0.1, -0.05) is 36.4 Å². The molecule has 2 aromatic carbocycles. The Labute approximate surface area is 152 Å². The number of anilines is 1. The number of nitrogens with one attached hydrogen (secondary N) is 1. The van der Waals surface area contributed by atoms with Crippen LogP contribution in [-0.2, 0) is 6.42 Å². The molecule has 5 heteroatoms. The Morgan fingerprint density at radius 3 is 2.50 bits per heavy atom. The number of rotatable bonds is 6. The van der Waals surface area contributed by atoms with Crippen molar-refractivity contribution in [1.82, 2.24) is 9.97 Å². The zero-order valence-electron chi connectivity index (χ0n) is 14.6. The van der Waals surface area contributed by atoms with Gasteiger partial charge in [-0.3, -0.25) is 5.43 Å². The van der Waals surface area contributed by atoms with Crippen LogP contribution in [0.2, 0.25) is 0 Å². The van der Waals surface area contributed by atoms with Crippen LogP contribution in [0.5, 0.6) is 5.75 Å². The number of aromatic hydroxyl groups is 1. The van der Waals surface area contributed by atoms with Gasteiger partial charge in [0.2, 0.25) is 0 Å². The predicted octanol–water partition coefficient (Wildman–Crippen LogP) is 4.33. The Kier molecular flexibility index (Phi) is 5.39. The fourth-order valence-corrected chi connectivity index (χ4v) is 2.52. The van der Waals surface area contributed by atoms with Gasteiger partial charge >= 0.3 is 0 Å². The second-order valence-electron chi connectivity index (χ2n) is 5.78. The molecule has 0 unspecified atom stereocenters. The van der Waals surface area contributed by atoms with Crippen molar-refractivity contribution in [3.8, 4) is 17.1 Å². The third kappa shape index (κ3) is 4.13. The molecule has 26 heavy (non-hydrogen) atoms. The molecule has 130 valence electrons. The van der Waals surface area contributed by atoms with E-state index in [1.165, 1.54) is 0 Å². The van der Waals surface area contributed by atoms with E-state index >= 15 is 0 Å². The molecule has 0 aliphatic carbocycles. The lowest BCUT2D eigenvalue weighted by atomic mass is 10.1. The van der Waals surface area contributed by atoms with Crippen LogP contribution >= 0.6 is 0 Å². The summed E-state index contributed by atoms with van der Waals surface area (Å²) in [5.41, 5.74) is 6.69. The van der Waals surface area contributed by atoms with Crippen LogP contribution in [-0.4, -0.2) is 21.3 Å². The largest absolute Gasteiger partial charge is 0.508 e. The SMILES string of the molecule is C=CCc1c(C)nc(-c2ccccc2)nc1N/N=C/c1ccc(O)cc1. The fraction of sp³-hybridized carbons (Fsp3) is 0.0952. The molecule has 1 heterocycles. The maximum Gasteiger partial charge on any atom is 0.161 e. The van der Waals surface area contributed by atoms with Crippen molar-refractivity contribution < 1.29 is 5.11 Å². The molecule has 3 rings (SSSR count). The molecule has 0 fully saturated rings. The van der Waals surface area contributed by atoms with Crippen LogP contribution < -0.4 is 5.43 Å². The quantitative estimate of drug-likeness (QED) is 0.397. The van der Waals surface area contributed by atoms with Gasteiger partial charge < -0.3 is 5.11 Å². The number of phenolic OH excluding ortho intramolecular Hbond substituents is 1. The third-order valence-electron chi connectivity index (χ3n) is 3.87. The molecular weight excluding hydrogens is 324 g/mol. The maximum absolute atomic E-state index is 9.34. The smallest absolute Gasteiger partial charge is 0.161 e. The molecule has 0 radical (unpaired) electrons. The lowest BCUT2D eigenvalue weighted by Gasteiger charge is -2.11. The van der Waals surface area contributed by atoms with Crippen LogP contribution in [0, 0.1) is 6.92 Å². The second kappa shape index (κ2) is 8.07. The van der Waals surface area contributed by atoms with E-state index in [0.29, 0.717) is 18.1 Å². The minimum atomic E-state index is 0.224. The number of benzene rings is 2. The minimum absolute atomic E-state index is 0.224. The highest BCUT2D eigenvalue weighted by atomic mass is 16.3. The summed E-state index contributed by atoms with van der Waals surface area (Å²) >= 11 is 0. The summed E-state index contributed by atoms with van der Waals surface area (Å²) < 4.78 is 0. The average Bonchev–Trinajstić information content (AvgIpc) is 2.66. The lowest BCUT2D eigenvalue weighted by Crippen LogP contribution is -2.05. The molecule has 0 bridgehead atoms. The molecule has 0 saturated heterocycles. The zero-order valence-corrected chi connectivity index (χ0v) is 14.6. The first-order chi connectivity index (χ1) is 12.7. The molecule has 0 spiro atoms. The van der Waals surface area contributed by atoms with Gasteiger partial charge in [-0.2, -0.15) is 5.10 Å². The lowest BCUT2D eigenvalue weighted by molar-refractivity contribution is 0.475. The predicted molar refractivity (Wildman–Crippen MR) is 105 cm³/mol. The molecule has 1 aromatic heterocycles. The Morgan fingerprint density at radius 1 is 1.08 bits per heavy atom. The van der Waals surface area contributed by atoms with Crippen molar-refractivity contribution in [3.63, 3.8) is 0 Å². The Morgan fingerprint density at radius 2 is 1.81 bits per heavy atom. The number of nitrogens with zero attached hydrogens (tertiary/aromatic N) is 3. The third-order valence-corrected chi connectivity index (χ3v) is 3.87.